The first-order valence-corrected chi connectivity index (χ1v) is 8.91. The van der Waals surface area contributed by atoms with Crippen molar-refractivity contribution >= 4 is 5.91 Å². The lowest BCUT2D eigenvalue weighted by Crippen LogP contribution is -2.47. The van der Waals surface area contributed by atoms with Gasteiger partial charge in [-0.2, -0.15) is 4.98 Å². The highest BCUT2D eigenvalue weighted by molar-refractivity contribution is 5.75. The summed E-state index contributed by atoms with van der Waals surface area (Å²) in [5.74, 6) is -0.0758. The highest BCUT2D eigenvalue weighted by atomic mass is 16.2. The van der Waals surface area contributed by atoms with Gasteiger partial charge in [-0.15, -0.1) is 0 Å². The van der Waals surface area contributed by atoms with Gasteiger partial charge in [-0.05, 0) is 44.5 Å². The summed E-state index contributed by atoms with van der Waals surface area (Å²) < 4.78 is 1.44. The molecule has 6 nitrogen and oxygen atoms in total. The molecule has 0 radical (unpaired) electrons. The number of carbonyl (C=O) groups is 1. The van der Waals surface area contributed by atoms with Crippen LogP contribution in [0.4, 0.5) is 0 Å². The summed E-state index contributed by atoms with van der Waals surface area (Å²) in [6.45, 7) is 5.17. The fourth-order valence-electron chi connectivity index (χ4n) is 3.56. The highest BCUT2D eigenvalue weighted by Gasteiger charge is 2.25. The molecule has 0 aliphatic carbocycles. The number of carbonyl (C=O) groups excluding carboxylic acids is 1. The van der Waals surface area contributed by atoms with Crippen molar-refractivity contribution in [3.05, 3.63) is 63.3 Å². The number of rotatable bonds is 4. The van der Waals surface area contributed by atoms with Crippen LogP contribution in [0.25, 0.3) is 0 Å². The summed E-state index contributed by atoms with van der Waals surface area (Å²) >= 11 is 0. The van der Waals surface area contributed by atoms with Crippen LogP contribution in [0, 0.1) is 13.8 Å². The molecule has 26 heavy (non-hydrogen) atoms. The largest absolute Gasteiger partial charge is 0.348 e. The number of benzene rings is 1. The Kier molecular flexibility index (Phi) is 5.23. The second kappa shape index (κ2) is 7.41. The van der Waals surface area contributed by atoms with Crippen LogP contribution in [0.15, 0.2) is 35.1 Å². The van der Waals surface area contributed by atoms with E-state index in [-0.39, 0.29) is 24.2 Å². The van der Waals surface area contributed by atoms with E-state index in [9.17, 15) is 9.59 Å². The Labute approximate surface area is 154 Å². The number of nitrogens with zero attached hydrogens (tertiary/aromatic N) is 4. The number of aromatic nitrogens is 2. The van der Waals surface area contributed by atoms with Gasteiger partial charge in [0.25, 0.3) is 0 Å². The minimum absolute atomic E-state index is 0.0292. The number of fused-ring (bicyclic) bond motifs is 1. The summed E-state index contributed by atoms with van der Waals surface area (Å²) in [7, 11) is 3.90. The number of aryl methyl sites for hydroxylation is 2. The Morgan fingerprint density at radius 1 is 1.27 bits per heavy atom. The zero-order valence-electron chi connectivity index (χ0n) is 15.9. The third-order valence-electron chi connectivity index (χ3n) is 5.17. The molecule has 0 bridgehead atoms. The zero-order chi connectivity index (χ0) is 18.8. The van der Waals surface area contributed by atoms with Crippen molar-refractivity contribution in [1.29, 1.82) is 0 Å². The normalized spacial score (nSPS) is 17.0. The van der Waals surface area contributed by atoms with Crippen LogP contribution in [-0.4, -0.2) is 51.9 Å². The minimum atomic E-state index is -0.368. The molecule has 0 fully saturated rings. The van der Waals surface area contributed by atoms with Gasteiger partial charge >= 0.3 is 5.69 Å². The molecule has 1 aromatic heterocycles. The molecule has 3 rings (SSSR count). The highest BCUT2D eigenvalue weighted by Crippen LogP contribution is 2.22. The lowest BCUT2D eigenvalue weighted by Gasteiger charge is -2.36. The maximum Gasteiger partial charge on any atom is 0.348 e. The summed E-state index contributed by atoms with van der Waals surface area (Å²) in [4.78, 5) is 32.7. The third kappa shape index (κ3) is 3.85. The molecule has 1 aliphatic heterocycles. The van der Waals surface area contributed by atoms with Gasteiger partial charge in [-0.1, -0.05) is 24.3 Å². The van der Waals surface area contributed by atoms with E-state index in [4.69, 9.17) is 0 Å². The van der Waals surface area contributed by atoms with E-state index in [1.54, 1.807) is 18.9 Å². The van der Waals surface area contributed by atoms with Gasteiger partial charge in [-0.3, -0.25) is 14.3 Å². The molecule has 0 unspecified atom stereocenters. The standard InChI is InChI=1S/C20H26N4O2/c1-14-9-15(2)24(20(26)21-14)13-19(25)23(4)12-18-10-16-7-5-6-8-17(16)11-22(18)3/h5-9,18H,10-13H2,1-4H3/t18-/m0/s1. The number of amides is 1. The Bertz CT molecular complexity index is 874. The minimum Gasteiger partial charge on any atom is -0.343 e. The summed E-state index contributed by atoms with van der Waals surface area (Å²) in [5.41, 5.74) is 3.77. The van der Waals surface area contributed by atoms with Crippen molar-refractivity contribution in [2.75, 3.05) is 20.6 Å². The van der Waals surface area contributed by atoms with Crippen molar-refractivity contribution < 1.29 is 4.79 Å². The molecule has 0 saturated heterocycles. The van der Waals surface area contributed by atoms with Gasteiger partial charge in [0.1, 0.15) is 6.54 Å². The average molecular weight is 354 g/mol. The maximum atomic E-state index is 12.6. The van der Waals surface area contributed by atoms with E-state index in [0.29, 0.717) is 12.2 Å². The van der Waals surface area contributed by atoms with Crippen LogP contribution in [0.2, 0.25) is 0 Å². The number of hydrogen-bond acceptors (Lipinski definition) is 4. The lowest BCUT2D eigenvalue weighted by atomic mass is 9.94. The Hall–Kier alpha value is -2.47. The molecule has 1 amide bonds. The Morgan fingerprint density at radius 2 is 1.96 bits per heavy atom. The summed E-state index contributed by atoms with van der Waals surface area (Å²) in [6, 6.07) is 10.6. The van der Waals surface area contributed by atoms with E-state index in [2.05, 4.69) is 41.2 Å². The molecular formula is C20H26N4O2. The van der Waals surface area contributed by atoms with Gasteiger partial charge in [-0.25, -0.2) is 4.79 Å². The molecular weight excluding hydrogens is 328 g/mol. The van der Waals surface area contributed by atoms with Crippen molar-refractivity contribution in [2.24, 2.45) is 0 Å². The second-order valence-electron chi connectivity index (χ2n) is 7.22. The first-order valence-electron chi connectivity index (χ1n) is 8.91. The van der Waals surface area contributed by atoms with Gasteiger partial charge in [0.15, 0.2) is 0 Å². The van der Waals surface area contributed by atoms with Crippen LogP contribution in [0.3, 0.4) is 0 Å². The van der Waals surface area contributed by atoms with Crippen molar-refractivity contribution in [3.63, 3.8) is 0 Å². The lowest BCUT2D eigenvalue weighted by molar-refractivity contribution is -0.131. The first kappa shape index (κ1) is 18.3. The van der Waals surface area contributed by atoms with E-state index < -0.39 is 0 Å². The van der Waals surface area contributed by atoms with Gasteiger partial charge in [0, 0.05) is 37.6 Å². The van der Waals surface area contributed by atoms with E-state index >= 15 is 0 Å². The Morgan fingerprint density at radius 3 is 2.65 bits per heavy atom. The topological polar surface area (TPSA) is 58.4 Å². The van der Waals surface area contributed by atoms with Gasteiger partial charge in [0.05, 0.1) is 0 Å². The average Bonchev–Trinajstić information content (AvgIpc) is 2.58. The van der Waals surface area contributed by atoms with Crippen molar-refractivity contribution in [1.82, 2.24) is 19.4 Å². The second-order valence-corrected chi connectivity index (χ2v) is 7.22. The predicted octanol–water partition coefficient (Wildman–Crippen LogP) is 1.38. The molecule has 1 atom stereocenters. The molecule has 2 aromatic rings. The van der Waals surface area contributed by atoms with Crippen molar-refractivity contribution in [3.8, 4) is 0 Å². The van der Waals surface area contributed by atoms with Gasteiger partial charge < -0.3 is 4.90 Å². The molecule has 0 N–H and O–H groups in total. The fraction of sp³-hybridized carbons (Fsp3) is 0.450. The SMILES string of the molecule is Cc1cc(C)n(CC(=O)N(C)C[C@@H]2Cc3ccccc3CN2C)c(=O)n1. The molecule has 1 aliphatic rings. The molecule has 2 heterocycles. The third-order valence-corrected chi connectivity index (χ3v) is 5.17. The predicted molar refractivity (Wildman–Crippen MR) is 101 cm³/mol. The smallest absolute Gasteiger partial charge is 0.343 e. The van der Waals surface area contributed by atoms with E-state index in [1.165, 1.54) is 15.7 Å². The first-order chi connectivity index (χ1) is 12.3. The maximum absolute atomic E-state index is 12.6. The van der Waals surface area contributed by atoms with Crippen LogP contribution >= 0.6 is 0 Å². The van der Waals surface area contributed by atoms with E-state index in [1.807, 2.05) is 13.0 Å². The fourth-order valence-corrected chi connectivity index (χ4v) is 3.56. The van der Waals surface area contributed by atoms with Crippen molar-refractivity contribution in [2.45, 2.75) is 39.4 Å². The van der Waals surface area contributed by atoms with Gasteiger partial charge in [0.2, 0.25) is 5.91 Å². The molecule has 6 heteroatoms. The summed E-state index contributed by atoms with van der Waals surface area (Å²) in [5, 5.41) is 0. The van der Waals surface area contributed by atoms with Crippen LogP contribution < -0.4 is 5.69 Å². The summed E-state index contributed by atoms with van der Waals surface area (Å²) in [6.07, 6.45) is 0.926. The zero-order valence-corrected chi connectivity index (χ0v) is 15.9. The quantitative estimate of drug-likeness (QED) is 0.832. The Balaban J connectivity index is 1.68. The van der Waals surface area contributed by atoms with Crippen LogP contribution in [0.1, 0.15) is 22.5 Å². The van der Waals surface area contributed by atoms with Crippen LogP contribution in [-0.2, 0) is 24.3 Å². The number of likely N-dealkylation sites (N-methyl/N-ethyl adjacent to an activating group) is 2. The van der Waals surface area contributed by atoms with E-state index in [0.717, 1.165) is 18.7 Å². The molecule has 138 valence electrons. The molecule has 0 spiro atoms. The molecule has 1 aromatic carbocycles. The van der Waals surface area contributed by atoms with Crippen LogP contribution in [0.5, 0.6) is 0 Å². The molecule has 0 saturated carbocycles. The number of hydrogen-bond donors (Lipinski definition) is 0. The monoisotopic (exact) mass is 354 g/mol.